The summed E-state index contributed by atoms with van der Waals surface area (Å²) in [5, 5.41) is 7.46. The van der Waals surface area contributed by atoms with Gasteiger partial charge in [-0.3, -0.25) is 0 Å². The number of nitrogens with zero attached hydrogens (tertiary/aromatic N) is 3. The highest BCUT2D eigenvalue weighted by Crippen LogP contribution is 2.28. The molecule has 1 aromatic rings. The highest BCUT2D eigenvalue weighted by atomic mass is 16.6. The summed E-state index contributed by atoms with van der Waals surface area (Å²) in [5.74, 6) is 0. The Labute approximate surface area is 132 Å². The van der Waals surface area contributed by atoms with Crippen molar-refractivity contribution < 1.29 is 9.53 Å². The van der Waals surface area contributed by atoms with Crippen LogP contribution < -0.4 is 5.32 Å². The molecule has 1 amide bonds. The lowest BCUT2D eigenvalue weighted by Crippen LogP contribution is -2.41. The summed E-state index contributed by atoms with van der Waals surface area (Å²) in [6.07, 6.45) is 7.32. The smallest absolute Gasteiger partial charge is 0.410 e. The lowest BCUT2D eigenvalue weighted by Gasteiger charge is -2.27. The quantitative estimate of drug-likeness (QED) is 0.786. The molecule has 0 spiro atoms. The number of carbonyl (C=O) groups is 1. The van der Waals surface area contributed by atoms with Crippen molar-refractivity contribution >= 4 is 12.3 Å². The van der Waals surface area contributed by atoms with Gasteiger partial charge in [0.25, 0.3) is 0 Å². The van der Waals surface area contributed by atoms with Crippen LogP contribution in [0.5, 0.6) is 0 Å². The second-order valence-electron chi connectivity index (χ2n) is 6.59. The lowest BCUT2D eigenvalue weighted by atomic mass is 10.2. The molecule has 1 aliphatic carbocycles. The Kier molecular flexibility index (Phi) is 5.24. The Morgan fingerprint density at radius 3 is 2.86 bits per heavy atom. The predicted molar refractivity (Wildman–Crippen MR) is 86.3 cm³/mol. The molecule has 22 heavy (non-hydrogen) atoms. The lowest BCUT2D eigenvalue weighted by molar-refractivity contribution is 0.0236. The molecular formula is C16H26N4O2. The normalized spacial score (nSPS) is 14.7. The van der Waals surface area contributed by atoms with Gasteiger partial charge in [0.2, 0.25) is 0 Å². The van der Waals surface area contributed by atoms with Crippen molar-refractivity contribution in [1.82, 2.24) is 20.0 Å². The second kappa shape index (κ2) is 6.96. The number of hydrogen-bond donors (Lipinski definition) is 1. The monoisotopic (exact) mass is 306 g/mol. The molecule has 0 saturated heterocycles. The van der Waals surface area contributed by atoms with E-state index in [2.05, 4.69) is 17.0 Å². The summed E-state index contributed by atoms with van der Waals surface area (Å²) in [4.78, 5) is 14.0. The van der Waals surface area contributed by atoms with E-state index in [9.17, 15) is 4.79 Å². The first-order valence-electron chi connectivity index (χ1n) is 7.75. The van der Waals surface area contributed by atoms with Gasteiger partial charge in [0, 0.05) is 43.6 Å². The summed E-state index contributed by atoms with van der Waals surface area (Å²) in [7, 11) is 0. The van der Waals surface area contributed by atoms with Gasteiger partial charge in [0.15, 0.2) is 0 Å². The van der Waals surface area contributed by atoms with Gasteiger partial charge < -0.3 is 15.0 Å². The van der Waals surface area contributed by atoms with Crippen LogP contribution in [0, 0.1) is 0 Å². The first-order chi connectivity index (χ1) is 10.4. The fraction of sp³-hybridized carbons (Fsp3) is 0.625. The highest BCUT2D eigenvalue weighted by molar-refractivity contribution is 5.69. The van der Waals surface area contributed by atoms with Crippen LogP contribution in [0.15, 0.2) is 19.0 Å². The van der Waals surface area contributed by atoms with Gasteiger partial charge in [0.05, 0.1) is 6.20 Å². The standard InChI is InChI=1S/C16H26N4O2/c1-5-19-12-13(11-18-19)10-17-8-9-20(14-6-7-14)15(21)22-16(2,3)4/h5,11-12,14,17H,1,6-10H2,2-4H3. The van der Waals surface area contributed by atoms with E-state index in [1.807, 2.05) is 31.9 Å². The number of nitrogens with one attached hydrogen (secondary N) is 1. The molecule has 1 saturated carbocycles. The average Bonchev–Trinajstić information content (AvgIpc) is 3.14. The van der Waals surface area contributed by atoms with E-state index in [4.69, 9.17) is 4.74 Å². The van der Waals surface area contributed by atoms with Crippen molar-refractivity contribution in [2.75, 3.05) is 13.1 Å². The number of ether oxygens (including phenoxy) is 1. The molecule has 1 aromatic heterocycles. The molecule has 122 valence electrons. The summed E-state index contributed by atoms with van der Waals surface area (Å²) in [6, 6.07) is 0.347. The maximum absolute atomic E-state index is 12.2. The van der Waals surface area contributed by atoms with Crippen LogP contribution in [0.4, 0.5) is 4.79 Å². The van der Waals surface area contributed by atoms with Crippen LogP contribution in [0.2, 0.25) is 0 Å². The number of carbonyl (C=O) groups excluding carboxylic acids is 1. The third-order valence-corrected chi connectivity index (χ3v) is 3.32. The largest absolute Gasteiger partial charge is 0.444 e. The minimum absolute atomic E-state index is 0.212. The first kappa shape index (κ1) is 16.5. The van der Waals surface area contributed by atoms with Gasteiger partial charge in [-0.1, -0.05) is 6.58 Å². The van der Waals surface area contributed by atoms with Gasteiger partial charge in [-0.25, -0.2) is 9.48 Å². The fourth-order valence-corrected chi connectivity index (χ4v) is 2.13. The van der Waals surface area contributed by atoms with Crippen LogP contribution in [-0.2, 0) is 11.3 Å². The molecule has 1 aliphatic rings. The van der Waals surface area contributed by atoms with E-state index >= 15 is 0 Å². The predicted octanol–water partition coefficient (Wildman–Crippen LogP) is 2.47. The number of aromatic nitrogens is 2. The zero-order valence-electron chi connectivity index (χ0n) is 13.7. The van der Waals surface area contributed by atoms with E-state index in [0.717, 1.165) is 31.5 Å². The summed E-state index contributed by atoms with van der Waals surface area (Å²) >= 11 is 0. The molecule has 6 heteroatoms. The third kappa shape index (κ3) is 5.18. The van der Waals surface area contributed by atoms with E-state index in [-0.39, 0.29) is 6.09 Å². The maximum Gasteiger partial charge on any atom is 0.410 e. The number of amides is 1. The van der Waals surface area contributed by atoms with Crippen molar-refractivity contribution in [3.05, 3.63) is 24.5 Å². The molecule has 6 nitrogen and oxygen atoms in total. The topological polar surface area (TPSA) is 59.4 Å². The minimum atomic E-state index is -0.447. The van der Waals surface area contributed by atoms with E-state index in [1.54, 1.807) is 17.1 Å². The van der Waals surface area contributed by atoms with Crippen molar-refractivity contribution in [3.8, 4) is 0 Å². The SMILES string of the molecule is C=Cn1cc(CNCCN(C(=O)OC(C)(C)C)C2CC2)cn1. The van der Waals surface area contributed by atoms with Crippen LogP contribution in [0.25, 0.3) is 6.20 Å². The second-order valence-corrected chi connectivity index (χ2v) is 6.59. The summed E-state index contributed by atoms with van der Waals surface area (Å²) < 4.78 is 7.14. The minimum Gasteiger partial charge on any atom is -0.444 e. The van der Waals surface area contributed by atoms with Crippen LogP contribution in [0.3, 0.4) is 0 Å². The number of rotatable bonds is 7. The van der Waals surface area contributed by atoms with E-state index < -0.39 is 5.60 Å². The van der Waals surface area contributed by atoms with Gasteiger partial charge in [-0.05, 0) is 33.6 Å². The highest BCUT2D eigenvalue weighted by Gasteiger charge is 2.34. The van der Waals surface area contributed by atoms with Crippen LogP contribution in [0.1, 0.15) is 39.2 Å². The molecule has 1 heterocycles. The molecule has 0 aromatic carbocycles. The summed E-state index contributed by atoms with van der Waals surface area (Å²) in [5.41, 5.74) is 0.645. The summed E-state index contributed by atoms with van der Waals surface area (Å²) in [6.45, 7) is 11.5. The molecule has 0 atom stereocenters. The Morgan fingerprint density at radius 1 is 1.59 bits per heavy atom. The molecule has 0 radical (unpaired) electrons. The zero-order chi connectivity index (χ0) is 16.2. The average molecular weight is 306 g/mol. The molecule has 0 unspecified atom stereocenters. The third-order valence-electron chi connectivity index (χ3n) is 3.32. The Bertz CT molecular complexity index is 514. The van der Waals surface area contributed by atoms with Crippen LogP contribution >= 0.6 is 0 Å². The van der Waals surface area contributed by atoms with Crippen LogP contribution in [-0.4, -0.2) is 45.5 Å². The van der Waals surface area contributed by atoms with Crippen molar-refractivity contribution in [3.63, 3.8) is 0 Å². The van der Waals surface area contributed by atoms with Gasteiger partial charge in [-0.2, -0.15) is 5.10 Å². The first-order valence-corrected chi connectivity index (χ1v) is 7.75. The van der Waals surface area contributed by atoms with Gasteiger partial charge in [-0.15, -0.1) is 0 Å². The van der Waals surface area contributed by atoms with E-state index in [0.29, 0.717) is 12.6 Å². The molecule has 0 bridgehead atoms. The molecule has 1 N–H and O–H groups in total. The Balaban J connectivity index is 1.75. The molecule has 0 aliphatic heterocycles. The number of hydrogen-bond acceptors (Lipinski definition) is 4. The molecule has 2 rings (SSSR count). The van der Waals surface area contributed by atoms with Crippen molar-refractivity contribution in [1.29, 1.82) is 0 Å². The molecular weight excluding hydrogens is 280 g/mol. The molecule has 1 fully saturated rings. The zero-order valence-corrected chi connectivity index (χ0v) is 13.7. The van der Waals surface area contributed by atoms with Crippen molar-refractivity contribution in [2.45, 2.75) is 51.8 Å². The van der Waals surface area contributed by atoms with Crippen molar-refractivity contribution in [2.24, 2.45) is 0 Å². The maximum atomic E-state index is 12.2. The Morgan fingerprint density at radius 2 is 2.32 bits per heavy atom. The van der Waals surface area contributed by atoms with Gasteiger partial charge in [0.1, 0.15) is 5.60 Å². The van der Waals surface area contributed by atoms with E-state index in [1.165, 1.54) is 0 Å². The fourth-order valence-electron chi connectivity index (χ4n) is 2.13. The Hall–Kier alpha value is -1.82. The van der Waals surface area contributed by atoms with Gasteiger partial charge >= 0.3 is 6.09 Å².